The number of hydrogen-bond donors (Lipinski definition) is 2. The number of hydrogen-bond acceptors (Lipinski definition) is 3. The Balaban J connectivity index is 2.70. The van der Waals surface area contributed by atoms with E-state index in [0.29, 0.717) is 17.6 Å². The molecular weight excluding hydrogens is 248 g/mol. The maximum absolute atomic E-state index is 11.1. The van der Waals surface area contributed by atoms with Crippen LogP contribution >= 0.6 is 0 Å². The highest BCUT2D eigenvalue weighted by atomic mass is 32.2. The van der Waals surface area contributed by atoms with E-state index in [2.05, 4.69) is 30.8 Å². The zero-order valence-electron chi connectivity index (χ0n) is 11.4. The molecule has 0 fully saturated rings. The van der Waals surface area contributed by atoms with Crippen LogP contribution in [0.15, 0.2) is 24.3 Å². The molecule has 0 saturated carbocycles. The fourth-order valence-corrected chi connectivity index (χ4v) is 2.49. The van der Waals surface area contributed by atoms with Gasteiger partial charge < -0.3 is 5.32 Å². The van der Waals surface area contributed by atoms with Crippen LogP contribution in [0, 0.1) is 5.92 Å². The lowest BCUT2D eigenvalue weighted by Gasteiger charge is -2.17. The van der Waals surface area contributed by atoms with Gasteiger partial charge in [-0.25, -0.2) is 8.42 Å². The van der Waals surface area contributed by atoms with E-state index < -0.39 is 10.0 Å². The minimum absolute atomic E-state index is 0.360. The Bertz CT molecular complexity index is 484. The molecule has 0 aromatic heterocycles. The molecule has 1 rings (SSSR count). The van der Waals surface area contributed by atoms with Crippen molar-refractivity contribution in [3.05, 3.63) is 24.3 Å². The van der Waals surface area contributed by atoms with Gasteiger partial charge in [-0.05, 0) is 37.5 Å². The van der Waals surface area contributed by atoms with Crippen molar-refractivity contribution in [2.45, 2.75) is 33.2 Å². The molecular formula is C13H22N2O2S. The van der Waals surface area contributed by atoms with Gasteiger partial charge in [0, 0.05) is 11.7 Å². The van der Waals surface area contributed by atoms with Crippen molar-refractivity contribution in [1.29, 1.82) is 0 Å². The molecule has 1 aromatic rings. The average Bonchev–Trinajstić information content (AvgIpc) is 2.13. The van der Waals surface area contributed by atoms with Gasteiger partial charge in [-0.1, -0.05) is 19.9 Å². The maximum Gasteiger partial charge on any atom is 0.229 e. The molecule has 2 N–H and O–H groups in total. The summed E-state index contributed by atoms with van der Waals surface area (Å²) in [5, 5.41) is 3.36. The van der Waals surface area contributed by atoms with E-state index in [1.807, 2.05) is 12.1 Å². The monoisotopic (exact) mass is 270 g/mol. The van der Waals surface area contributed by atoms with Crippen LogP contribution < -0.4 is 10.0 Å². The van der Waals surface area contributed by atoms with Crippen LogP contribution in [-0.4, -0.2) is 20.7 Å². The van der Waals surface area contributed by atoms with Gasteiger partial charge in [0.1, 0.15) is 0 Å². The van der Waals surface area contributed by atoms with E-state index in [1.165, 1.54) is 0 Å². The molecule has 5 heteroatoms. The van der Waals surface area contributed by atoms with Crippen LogP contribution in [0.3, 0.4) is 0 Å². The van der Waals surface area contributed by atoms with Gasteiger partial charge in [-0.2, -0.15) is 0 Å². The minimum Gasteiger partial charge on any atom is -0.383 e. The first-order valence-electron chi connectivity index (χ1n) is 6.10. The molecule has 0 bridgehead atoms. The molecule has 102 valence electrons. The molecule has 0 saturated heterocycles. The second-order valence-corrected chi connectivity index (χ2v) is 6.88. The number of rotatable bonds is 6. The molecule has 4 nitrogen and oxygen atoms in total. The van der Waals surface area contributed by atoms with Gasteiger partial charge in [-0.15, -0.1) is 0 Å². The molecule has 0 heterocycles. The molecule has 0 aliphatic heterocycles. The SMILES string of the molecule is CC(C)CC(C)Nc1cccc(NS(C)(=O)=O)c1. The Morgan fingerprint density at radius 2 is 1.78 bits per heavy atom. The first-order valence-corrected chi connectivity index (χ1v) is 8.00. The normalized spacial score (nSPS) is 13.4. The Kier molecular flexibility index (Phi) is 5.02. The van der Waals surface area contributed by atoms with Gasteiger partial charge in [-0.3, -0.25) is 4.72 Å². The standard InChI is InChI=1S/C13H22N2O2S/c1-10(2)8-11(3)14-12-6-5-7-13(9-12)15-18(4,16)17/h5-7,9-11,14-15H,8H2,1-4H3. The van der Waals surface area contributed by atoms with Crippen molar-refractivity contribution in [2.24, 2.45) is 5.92 Å². The Labute approximate surface area is 110 Å². The minimum atomic E-state index is -3.22. The first-order chi connectivity index (χ1) is 8.26. The maximum atomic E-state index is 11.1. The van der Waals surface area contributed by atoms with Crippen molar-refractivity contribution in [1.82, 2.24) is 0 Å². The molecule has 18 heavy (non-hydrogen) atoms. The van der Waals surface area contributed by atoms with Crippen molar-refractivity contribution in [3.8, 4) is 0 Å². The molecule has 0 radical (unpaired) electrons. The van der Waals surface area contributed by atoms with Crippen LogP contribution in [0.4, 0.5) is 11.4 Å². The summed E-state index contributed by atoms with van der Waals surface area (Å²) in [6.45, 7) is 6.48. The number of benzene rings is 1. The Hall–Kier alpha value is -1.23. The Morgan fingerprint density at radius 3 is 2.33 bits per heavy atom. The van der Waals surface area contributed by atoms with Crippen LogP contribution in [0.1, 0.15) is 27.2 Å². The predicted octanol–water partition coefficient (Wildman–Crippen LogP) is 2.90. The largest absolute Gasteiger partial charge is 0.383 e. The van der Waals surface area contributed by atoms with Gasteiger partial charge in [0.2, 0.25) is 10.0 Å². The number of anilines is 2. The van der Waals surface area contributed by atoms with Crippen molar-refractivity contribution < 1.29 is 8.42 Å². The summed E-state index contributed by atoms with van der Waals surface area (Å²) in [7, 11) is -3.22. The lowest BCUT2D eigenvalue weighted by Crippen LogP contribution is -2.17. The van der Waals surface area contributed by atoms with Gasteiger partial charge in [0.05, 0.1) is 11.9 Å². The number of nitrogens with one attached hydrogen (secondary N) is 2. The quantitative estimate of drug-likeness (QED) is 0.835. The van der Waals surface area contributed by atoms with Gasteiger partial charge >= 0.3 is 0 Å². The molecule has 0 aliphatic carbocycles. The lowest BCUT2D eigenvalue weighted by molar-refractivity contribution is 0.540. The fourth-order valence-electron chi connectivity index (χ4n) is 1.94. The highest BCUT2D eigenvalue weighted by Crippen LogP contribution is 2.18. The summed E-state index contributed by atoms with van der Waals surface area (Å²) < 4.78 is 24.8. The van der Waals surface area contributed by atoms with E-state index in [0.717, 1.165) is 18.4 Å². The predicted molar refractivity (Wildman–Crippen MR) is 77.4 cm³/mol. The lowest BCUT2D eigenvalue weighted by atomic mass is 10.1. The number of sulfonamides is 1. The van der Waals surface area contributed by atoms with E-state index in [1.54, 1.807) is 12.1 Å². The van der Waals surface area contributed by atoms with Crippen molar-refractivity contribution in [3.63, 3.8) is 0 Å². The molecule has 1 aromatic carbocycles. The summed E-state index contributed by atoms with van der Waals surface area (Å²) in [6.07, 6.45) is 2.22. The topological polar surface area (TPSA) is 58.2 Å². The molecule has 1 unspecified atom stereocenters. The summed E-state index contributed by atoms with van der Waals surface area (Å²) >= 11 is 0. The van der Waals surface area contributed by atoms with Crippen LogP contribution in [0.5, 0.6) is 0 Å². The molecule has 0 spiro atoms. The third-order valence-electron chi connectivity index (χ3n) is 2.40. The highest BCUT2D eigenvalue weighted by Gasteiger charge is 2.06. The third kappa shape index (κ3) is 5.91. The van der Waals surface area contributed by atoms with E-state index in [9.17, 15) is 8.42 Å². The van der Waals surface area contributed by atoms with Crippen LogP contribution in [0.25, 0.3) is 0 Å². The molecule has 0 amide bonds. The summed E-state index contributed by atoms with van der Waals surface area (Å²) in [4.78, 5) is 0. The zero-order chi connectivity index (χ0) is 13.8. The van der Waals surface area contributed by atoms with Crippen molar-refractivity contribution >= 4 is 21.4 Å². The zero-order valence-corrected chi connectivity index (χ0v) is 12.2. The second kappa shape index (κ2) is 6.09. The fraction of sp³-hybridized carbons (Fsp3) is 0.538. The van der Waals surface area contributed by atoms with E-state index in [4.69, 9.17) is 0 Å². The first kappa shape index (κ1) is 14.8. The second-order valence-electron chi connectivity index (χ2n) is 5.13. The third-order valence-corrected chi connectivity index (χ3v) is 3.01. The highest BCUT2D eigenvalue weighted by molar-refractivity contribution is 7.92. The smallest absolute Gasteiger partial charge is 0.229 e. The van der Waals surface area contributed by atoms with E-state index >= 15 is 0 Å². The average molecular weight is 270 g/mol. The van der Waals surface area contributed by atoms with E-state index in [-0.39, 0.29) is 0 Å². The van der Waals surface area contributed by atoms with Gasteiger partial charge in [0.15, 0.2) is 0 Å². The molecule has 0 aliphatic rings. The summed E-state index contributed by atoms with van der Waals surface area (Å²) in [5.74, 6) is 0.629. The van der Waals surface area contributed by atoms with Crippen molar-refractivity contribution in [2.75, 3.05) is 16.3 Å². The summed E-state index contributed by atoms with van der Waals surface area (Å²) in [6, 6.07) is 7.66. The van der Waals surface area contributed by atoms with Crippen LogP contribution in [-0.2, 0) is 10.0 Å². The summed E-state index contributed by atoms with van der Waals surface area (Å²) in [5.41, 5.74) is 1.51. The van der Waals surface area contributed by atoms with Gasteiger partial charge in [0.25, 0.3) is 0 Å². The Morgan fingerprint density at radius 1 is 1.17 bits per heavy atom. The van der Waals surface area contributed by atoms with Crippen LogP contribution in [0.2, 0.25) is 0 Å². The molecule has 1 atom stereocenters.